The van der Waals surface area contributed by atoms with Gasteiger partial charge in [-0.2, -0.15) is 0 Å². The van der Waals surface area contributed by atoms with Gasteiger partial charge in [0.2, 0.25) is 10.0 Å². The Bertz CT molecular complexity index is 1270. The highest BCUT2D eigenvalue weighted by molar-refractivity contribution is 7.89. The zero-order valence-electron chi connectivity index (χ0n) is 18.5. The molecule has 1 aliphatic rings. The van der Waals surface area contributed by atoms with E-state index >= 15 is 0 Å². The molecule has 0 radical (unpaired) electrons. The number of ether oxygens (including phenoxy) is 1. The first-order valence-corrected chi connectivity index (χ1v) is 12.8. The zero-order chi connectivity index (χ0) is 23.6. The monoisotopic (exact) mass is 490 g/mol. The van der Waals surface area contributed by atoms with Gasteiger partial charge in [-0.3, -0.25) is 4.79 Å². The molecule has 2 atom stereocenters. The van der Waals surface area contributed by atoms with E-state index in [0.29, 0.717) is 13.2 Å². The van der Waals surface area contributed by atoms with Crippen LogP contribution in [0.4, 0.5) is 0 Å². The number of sulfonamides is 1. The molecule has 2 heterocycles. The first-order chi connectivity index (χ1) is 15.8. The highest BCUT2D eigenvalue weighted by atomic mass is 35.5. The highest BCUT2D eigenvalue weighted by Crippen LogP contribution is 2.25. The van der Waals surface area contributed by atoms with Crippen molar-refractivity contribution in [3.8, 4) is 0 Å². The number of nitrogens with one attached hydrogen (secondary N) is 2. The van der Waals surface area contributed by atoms with Crippen LogP contribution < -0.4 is 10.0 Å². The lowest BCUT2D eigenvalue weighted by Crippen LogP contribution is -2.32. The van der Waals surface area contributed by atoms with E-state index < -0.39 is 22.0 Å². The molecule has 4 rings (SSSR count). The first kappa shape index (κ1) is 23.7. The molecule has 0 bridgehead atoms. The third kappa shape index (κ3) is 5.06. The summed E-state index contributed by atoms with van der Waals surface area (Å²) in [4.78, 5) is 17.5. The van der Waals surface area contributed by atoms with Crippen LogP contribution in [-0.2, 0) is 21.3 Å². The molecule has 0 saturated carbocycles. The van der Waals surface area contributed by atoms with Gasteiger partial charge in [0.1, 0.15) is 10.7 Å². The quantitative estimate of drug-likeness (QED) is 0.501. The number of carbonyl (C=O) groups excluding carboxylic acids is 1. The van der Waals surface area contributed by atoms with Gasteiger partial charge in [-0.15, -0.1) is 0 Å². The molecule has 2 N–H and O–H groups in total. The van der Waals surface area contributed by atoms with Crippen molar-refractivity contribution in [1.82, 2.24) is 19.6 Å². The van der Waals surface area contributed by atoms with Crippen LogP contribution in [0.3, 0.4) is 0 Å². The molecule has 10 heteroatoms. The number of hydrogen-bond donors (Lipinski definition) is 2. The van der Waals surface area contributed by atoms with Gasteiger partial charge in [0.15, 0.2) is 0 Å². The summed E-state index contributed by atoms with van der Waals surface area (Å²) in [7, 11) is -3.90. The van der Waals surface area contributed by atoms with Gasteiger partial charge < -0.3 is 14.6 Å². The number of para-hydroxylation sites is 2. The second-order valence-corrected chi connectivity index (χ2v) is 10.2. The molecular formula is C23H27ClN4O4S. The van der Waals surface area contributed by atoms with E-state index in [2.05, 4.69) is 15.0 Å². The van der Waals surface area contributed by atoms with Gasteiger partial charge in [0.25, 0.3) is 5.91 Å². The lowest BCUT2D eigenvalue weighted by atomic mass is 10.2. The van der Waals surface area contributed by atoms with Gasteiger partial charge in [-0.05, 0) is 57.0 Å². The number of imidazole rings is 1. The Labute approximate surface area is 198 Å². The summed E-state index contributed by atoms with van der Waals surface area (Å²) >= 11 is 6.17. The lowest BCUT2D eigenvalue weighted by Gasteiger charge is -2.16. The van der Waals surface area contributed by atoms with Crippen molar-refractivity contribution in [3.05, 3.63) is 58.9 Å². The van der Waals surface area contributed by atoms with Crippen LogP contribution in [-0.4, -0.2) is 43.1 Å². The number of benzene rings is 2. The van der Waals surface area contributed by atoms with Gasteiger partial charge >= 0.3 is 0 Å². The van der Waals surface area contributed by atoms with Crippen molar-refractivity contribution in [2.75, 3.05) is 13.2 Å². The minimum absolute atomic E-state index is 0.0483. The molecule has 1 aromatic heterocycles. The van der Waals surface area contributed by atoms with Gasteiger partial charge in [-0.1, -0.05) is 23.7 Å². The van der Waals surface area contributed by atoms with Gasteiger partial charge in [-0.25, -0.2) is 18.1 Å². The lowest BCUT2D eigenvalue weighted by molar-refractivity contribution is 0.0937. The minimum atomic E-state index is -3.90. The number of aromatic nitrogens is 2. The molecule has 176 valence electrons. The number of nitrogens with zero attached hydrogens (tertiary/aromatic N) is 2. The molecule has 0 aliphatic carbocycles. The summed E-state index contributed by atoms with van der Waals surface area (Å²) in [6, 6.07) is 11.6. The Hall–Kier alpha value is -2.46. The Morgan fingerprint density at radius 1 is 1.30 bits per heavy atom. The Kier molecular flexibility index (Phi) is 7.04. The van der Waals surface area contributed by atoms with Crippen LogP contribution in [0.5, 0.6) is 0 Å². The van der Waals surface area contributed by atoms with Gasteiger partial charge in [0.05, 0.1) is 28.2 Å². The second-order valence-electron chi connectivity index (χ2n) is 8.03. The fourth-order valence-corrected chi connectivity index (χ4v) is 5.63. The molecule has 1 aliphatic heterocycles. The molecule has 8 nitrogen and oxygen atoms in total. The largest absolute Gasteiger partial charge is 0.377 e. The van der Waals surface area contributed by atoms with Crippen LogP contribution in [0.25, 0.3) is 11.0 Å². The third-order valence-corrected chi connectivity index (χ3v) is 7.65. The number of rotatable bonds is 8. The molecule has 2 unspecified atom stereocenters. The predicted octanol–water partition coefficient (Wildman–Crippen LogP) is 3.66. The van der Waals surface area contributed by atoms with Crippen LogP contribution in [0.1, 0.15) is 48.9 Å². The molecular weight excluding hydrogens is 464 g/mol. The third-order valence-electron chi connectivity index (χ3n) is 5.74. The average molecular weight is 491 g/mol. The first-order valence-electron chi connectivity index (χ1n) is 11.0. The van der Waals surface area contributed by atoms with Crippen molar-refractivity contribution in [3.63, 3.8) is 0 Å². The summed E-state index contributed by atoms with van der Waals surface area (Å²) in [5, 5.41) is 2.97. The second kappa shape index (κ2) is 9.80. The Balaban J connectivity index is 1.53. The molecule has 1 amide bonds. The molecule has 1 saturated heterocycles. The molecule has 3 aromatic rings. The van der Waals surface area contributed by atoms with E-state index in [1.165, 1.54) is 18.2 Å². The number of fused-ring (bicyclic) bond motifs is 1. The number of halogens is 1. The number of amides is 1. The Morgan fingerprint density at radius 2 is 2.09 bits per heavy atom. The van der Waals surface area contributed by atoms with Crippen molar-refractivity contribution >= 4 is 38.6 Å². The maximum Gasteiger partial charge on any atom is 0.251 e. The van der Waals surface area contributed by atoms with E-state index in [9.17, 15) is 13.2 Å². The molecule has 0 spiro atoms. The number of carbonyl (C=O) groups is 1. The summed E-state index contributed by atoms with van der Waals surface area (Å²) in [6.07, 6.45) is 1.56. The van der Waals surface area contributed by atoms with Crippen LogP contribution in [0.15, 0.2) is 47.4 Å². The summed E-state index contributed by atoms with van der Waals surface area (Å²) in [6.45, 7) is 5.37. The van der Waals surface area contributed by atoms with Crippen LogP contribution >= 0.6 is 11.6 Å². The maximum absolute atomic E-state index is 13.0. The normalized spacial score (nSPS) is 17.4. The van der Waals surface area contributed by atoms with Crippen molar-refractivity contribution in [2.24, 2.45) is 0 Å². The minimum Gasteiger partial charge on any atom is -0.377 e. The molecule has 2 aromatic carbocycles. The molecule has 1 fully saturated rings. The standard InChI is InChI=1S/C23H27ClN4O4S/c1-3-28-20-9-5-4-8-19(20)27-22(28)15(2)26-23(29)16-10-11-18(24)21(13-16)33(30,31)25-14-17-7-6-12-32-17/h4-5,8-11,13,15,17,25H,3,6-7,12,14H2,1-2H3,(H,26,29). The zero-order valence-corrected chi connectivity index (χ0v) is 20.1. The smallest absolute Gasteiger partial charge is 0.251 e. The van der Waals surface area contributed by atoms with Crippen molar-refractivity contribution < 1.29 is 17.9 Å². The van der Waals surface area contributed by atoms with Crippen molar-refractivity contribution in [1.29, 1.82) is 0 Å². The SMILES string of the molecule is CCn1c(C(C)NC(=O)c2ccc(Cl)c(S(=O)(=O)NCC3CCCO3)c2)nc2ccccc21. The predicted molar refractivity (Wildman–Crippen MR) is 127 cm³/mol. The molecule has 33 heavy (non-hydrogen) atoms. The highest BCUT2D eigenvalue weighted by Gasteiger charge is 2.24. The Morgan fingerprint density at radius 3 is 2.82 bits per heavy atom. The average Bonchev–Trinajstić information content (AvgIpc) is 3.45. The fourth-order valence-electron chi connectivity index (χ4n) is 4.04. The van der Waals surface area contributed by atoms with Crippen LogP contribution in [0.2, 0.25) is 5.02 Å². The topological polar surface area (TPSA) is 102 Å². The van der Waals surface area contributed by atoms with Crippen LogP contribution in [0, 0.1) is 0 Å². The maximum atomic E-state index is 13.0. The van der Waals surface area contributed by atoms with E-state index in [1.54, 1.807) is 0 Å². The summed E-state index contributed by atoms with van der Waals surface area (Å²) in [5.41, 5.74) is 2.05. The number of hydrogen-bond acceptors (Lipinski definition) is 5. The van der Waals surface area contributed by atoms with Gasteiger partial charge in [0, 0.05) is 25.3 Å². The van der Waals surface area contributed by atoms with E-state index in [1.807, 2.05) is 42.7 Å². The summed E-state index contributed by atoms with van der Waals surface area (Å²) in [5.74, 6) is 0.316. The van der Waals surface area contributed by atoms with E-state index in [0.717, 1.165) is 29.7 Å². The fraction of sp³-hybridized carbons (Fsp3) is 0.391. The number of aryl methyl sites for hydroxylation is 1. The van der Waals surface area contributed by atoms with E-state index in [4.69, 9.17) is 16.3 Å². The summed E-state index contributed by atoms with van der Waals surface area (Å²) < 4.78 is 35.7. The van der Waals surface area contributed by atoms with Crippen molar-refractivity contribution in [2.45, 2.75) is 50.3 Å². The van der Waals surface area contributed by atoms with E-state index in [-0.39, 0.29) is 28.1 Å².